The van der Waals surface area contributed by atoms with Gasteiger partial charge in [-0.15, -0.1) is 0 Å². The van der Waals surface area contributed by atoms with Crippen LogP contribution in [0.3, 0.4) is 0 Å². The molecule has 3 rings (SSSR count). The topological polar surface area (TPSA) is 44.4 Å². The number of nitrogens with zero attached hydrogens (tertiary/aromatic N) is 1. The number of benzene rings is 2. The minimum Gasteiger partial charge on any atom is -0.335 e. The Hall–Kier alpha value is -2.59. The van der Waals surface area contributed by atoms with E-state index in [0.29, 0.717) is 0 Å². The number of hydrogen-bond acceptors (Lipinski definition) is 2. The molecule has 0 radical (unpaired) electrons. The fourth-order valence-corrected chi connectivity index (χ4v) is 3.79. The zero-order valence-electron chi connectivity index (χ0n) is 16.7. The zero-order valence-corrected chi connectivity index (χ0v) is 16.7. The second-order valence-electron chi connectivity index (χ2n) is 7.78. The summed E-state index contributed by atoms with van der Waals surface area (Å²) in [4.78, 5) is 15.1. The Morgan fingerprint density at radius 1 is 1.07 bits per heavy atom. The highest BCUT2D eigenvalue weighted by Gasteiger charge is 2.22. The number of piperidine rings is 1. The van der Waals surface area contributed by atoms with Crippen molar-refractivity contribution in [1.82, 2.24) is 15.5 Å². The summed E-state index contributed by atoms with van der Waals surface area (Å²) >= 11 is 0. The first-order chi connectivity index (χ1) is 13.6. The van der Waals surface area contributed by atoms with E-state index >= 15 is 0 Å². The van der Waals surface area contributed by atoms with E-state index < -0.39 is 0 Å². The van der Waals surface area contributed by atoms with Crippen LogP contribution in [0.1, 0.15) is 36.9 Å². The van der Waals surface area contributed by atoms with Crippen molar-refractivity contribution in [3.63, 3.8) is 0 Å². The average Bonchev–Trinajstić information content (AvgIpc) is 2.70. The van der Waals surface area contributed by atoms with Gasteiger partial charge in [0.1, 0.15) is 0 Å². The third-order valence-electron chi connectivity index (χ3n) is 5.21. The van der Waals surface area contributed by atoms with Crippen molar-refractivity contribution < 1.29 is 4.79 Å². The van der Waals surface area contributed by atoms with Crippen molar-refractivity contribution >= 4 is 6.03 Å². The summed E-state index contributed by atoms with van der Waals surface area (Å²) in [5.41, 5.74) is 3.53. The number of hydrogen-bond donors (Lipinski definition) is 2. The molecule has 4 heteroatoms. The van der Waals surface area contributed by atoms with Crippen molar-refractivity contribution in [2.45, 2.75) is 38.3 Å². The van der Waals surface area contributed by atoms with E-state index in [9.17, 15) is 4.79 Å². The molecule has 1 aliphatic rings. The Bertz CT molecular complexity index is 752. The van der Waals surface area contributed by atoms with Crippen molar-refractivity contribution in [1.29, 1.82) is 0 Å². The molecule has 0 bridgehead atoms. The molecule has 148 valence electrons. The highest BCUT2D eigenvalue weighted by atomic mass is 16.2. The molecule has 2 aromatic carbocycles. The van der Waals surface area contributed by atoms with Gasteiger partial charge in [-0.25, -0.2) is 4.79 Å². The fraction of sp³-hybridized carbons (Fsp3) is 0.375. The molecule has 1 heterocycles. The number of likely N-dealkylation sites (tertiary alicyclic amines) is 1. The molecule has 0 aliphatic carbocycles. The smallest absolute Gasteiger partial charge is 0.315 e. The lowest BCUT2D eigenvalue weighted by Gasteiger charge is -2.32. The molecule has 4 nitrogen and oxygen atoms in total. The second-order valence-corrected chi connectivity index (χ2v) is 7.78. The minimum absolute atomic E-state index is 0.0490. The minimum atomic E-state index is -0.0804. The van der Waals surface area contributed by atoms with Crippen LogP contribution in [0.25, 0.3) is 0 Å². The first kappa shape index (κ1) is 20.2. The summed E-state index contributed by atoms with van der Waals surface area (Å²) in [7, 11) is 0. The van der Waals surface area contributed by atoms with Gasteiger partial charge in [0.05, 0.1) is 6.04 Å². The third-order valence-corrected chi connectivity index (χ3v) is 5.21. The molecule has 2 amide bonds. The van der Waals surface area contributed by atoms with Gasteiger partial charge in [0.15, 0.2) is 0 Å². The molecule has 1 atom stereocenters. The van der Waals surface area contributed by atoms with Crippen LogP contribution in [0.4, 0.5) is 4.79 Å². The van der Waals surface area contributed by atoms with Gasteiger partial charge in [-0.1, -0.05) is 72.8 Å². The Morgan fingerprint density at radius 3 is 2.29 bits per heavy atom. The molecule has 2 N–H and O–H groups in total. The van der Waals surface area contributed by atoms with Crippen molar-refractivity contribution in [2.24, 2.45) is 0 Å². The molecule has 1 fully saturated rings. The van der Waals surface area contributed by atoms with Crippen molar-refractivity contribution in [3.05, 3.63) is 83.9 Å². The predicted octanol–water partition coefficient (Wildman–Crippen LogP) is 4.31. The molecule has 2 aromatic rings. The standard InChI is InChI=1S/C24H31N3O/c1-19(2)18-27-15-13-22(14-16-27)25-24(28)26-23(21-11-7-4-8-12-21)17-20-9-5-3-6-10-20/h3-12,22-23H,1,13-18H2,2H3,(H2,25,26,28). The number of nitrogens with one attached hydrogen (secondary N) is 2. The van der Waals surface area contributed by atoms with Gasteiger partial charge < -0.3 is 10.6 Å². The van der Waals surface area contributed by atoms with Crippen LogP contribution in [0.5, 0.6) is 0 Å². The molecule has 1 saturated heterocycles. The van der Waals surface area contributed by atoms with Gasteiger partial charge in [-0.3, -0.25) is 4.90 Å². The molecule has 0 aromatic heterocycles. The predicted molar refractivity (Wildman–Crippen MR) is 115 cm³/mol. The van der Waals surface area contributed by atoms with Gasteiger partial charge in [-0.2, -0.15) is 0 Å². The van der Waals surface area contributed by atoms with Crippen molar-refractivity contribution in [3.8, 4) is 0 Å². The zero-order chi connectivity index (χ0) is 19.8. The Labute approximate surface area is 168 Å². The van der Waals surface area contributed by atoms with Crippen LogP contribution in [0.2, 0.25) is 0 Å². The van der Waals surface area contributed by atoms with Gasteiger partial charge in [0.25, 0.3) is 0 Å². The molecule has 1 unspecified atom stereocenters. The normalized spacial score (nSPS) is 16.3. The van der Waals surface area contributed by atoms with Crippen LogP contribution in [-0.2, 0) is 6.42 Å². The van der Waals surface area contributed by atoms with Gasteiger partial charge >= 0.3 is 6.03 Å². The van der Waals surface area contributed by atoms with Gasteiger partial charge in [0.2, 0.25) is 0 Å². The summed E-state index contributed by atoms with van der Waals surface area (Å²) in [6.07, 6.45) is 2.74. The number of amides is 2. The molecule has 28 heavy (non-hydrogen) atoms. The summed E-state index contributed by atoms with van der Waals surface area (Å²) in [6.45, 7) is 9.01. The second kappa shape index (κ2) is 10.1. The van der Waals surface area contributed by atoms with E-state index in [0.717, 1.165) is 44.5 Å². The monoisotopic (exact) mass is 377 g/mol. The number of carbonyl (C=O) groups is 1. The Balaban J connectivity index is 1.56. The lowest BCUT2D eigenvalue weighted by molar-refractivity contribution is 0.200. The first-order valence-electron chi connectivity index (χ1n) is 10.1. The molecule has 1 aliphatic heterocycles. The van der Waals surface area contributed by atoms with Gasteiger partial charge in [-0.05, 0) is 37.3 Å². The van der Waals surface area contributed by atoms with E-state index in [1.807, 2.05) is 36.4 Å². The number of rotatable bonds is 7. The maximum absolute atomic E-state index is 12.7. The van der Waals surface area contributed by atoms with Crippen LogP contribution in [0.15, 0.2) is 72.8 Å². The van der Waals surface area contributed by atoms with Crippen molar-refractivity contribution in [2.75, 3.05) is 19.6 Å². The molecular formula is C24H31N3O. The highest BCUT2D eigenvalue weighted by molar-refractivity contribution is 5.74. The summed E-state index contributed by atoms with van der Waals surface area (Å²) in [5, 5.41) is 6.37. The lowest BCUT2D eigenvalue weighted by Crippen LogP contribution is -2.48. The SMILES string of the molecule is C=C(C)CN1CCC(NC(=O)NC(Cc2ccccc2)c2ccccc2)CC1. The Morgan fingerprint density at radius 2 is 1.68 bits per heavy atom. The molecule has 0 saturated carbocycles. The van der Waals surface area contributed by atoms with E-state index in [1.165, 1.54) is 11.1 Å². The molecule has 0 spiro atoms. The average molecular weight is 378 g/mol. The van der Waals surface area contributed by atoms with Crippen LogP contribution in [-0.4, -0.2) is 36.6 Å². The van der Waals surface area contributed by atoms with Gasteiger partial charge in [0, 0.05) is 25.7 Å². The maximum atomic E-state index is 12.7. The molecular weight excluding hydrogens is 346 g/mol. The van der Waals surface area contributed by atoms with E-state index in [2.05, 4.69) is 53.3 Å². The van der Waals surface area contributed by atoms with Crippen LogP contribution in [0, 0.1) is 0 Å². The summed E-state index contributed by atoms with van der Waals surface area (Å²) in [6, 6.07) is 20.6. The number of carbonyl (C=O) groups excluding carboxylic acids is 1. The lowest BCUT2D eigenvalue weighted by atomic mass is 9.99. The number of urea groups is 1. The van der Waals surface area contributed by atoms with E-state index in [4.69, 9.17) is 0 Å². The summed E-state index contributed by atoms with van der Waals surface area (Å²) in [5.74, 6) is 0. The maximum Gasteiger partial charge on any atom is 0.315 e. The highest BCUT2D eigenvalue weighted by Crippen LogP contribution is 2.19. The van der Waals surface area contributed by atoms with Crippen LogP contribution >= 0.6 is 0 Å². The first-order valence-corrected chi connectivity index (χ1v) is 10.1. The third kappa shape index (κ3) is 6.24. The Kier molecular flexibility index (Phi) is 7.26. The summed E-state index contributed by atoms with van der Waals surface area (Å²) < 4.78 is 0. The van der Waals surface area contributed by atoms with Crippen LogP contribution < -0.4 is 10.6 Å². The van der Waals surface area contributed by atoms with E-state index in [1.54, 1.807) is 0 Å². The fourth-order valence-electron chi connectivity index (χ4n) is 3.79. The largest absolute Gasteiger partial charge is 0.335 e. The quantitative estimate of drug-likeness (QED) is 0.706. The van der Waals surface area contributed by atoms with E-state index in [-0.39, 0.29) is 18.1 Å².